The number of rotatable bonds is 40. The molecule has 0 nitrogen and oxygen atoms in total. The molecule has 0 aliphatic carbocycles. The molecule has 0 saturated carbocycles. The quantitative estimate of drug-likeness (QED) is 0.0612. The van der Waals surface area contributed by atoms with Crippen LogP contribution in [0.25, 0.3) is 0 Å². The highest BCUT2D eigenvalue weighted by Gasteiger charge is 2.03. The van der Waals surface area contributed by atoms with Crippen LogP contribution >= 0.6 is 0 Å². The third-order valence-corrected chi connectivity index (χ3v) is 11.1. The Balaban J connectivity index is 1.84. The molecule has 0 bridgehead atoms. The molecular weight excluding hydrogens is 577 g/mol. The number of hydrogen-bond donors (Lipinski definition) is 0. The van der Waals surface area contributed by atoms with Crippen LogP contribution in [-0.2, 0) is 12.8 Å². The average molecular weight is 666 g/mol. The van der Waals surface area contributed by atoms with Crippen LogP contribution < -0.4 is 0 Å². The minimum absolute atomic E-state index is 1.24. The van der Waals surface area contributed by atoms with Crippen molar-refractivity contribution >= 4 is 0 Å². The largest absolute Gasteiger partial charge is 0.0654 e. The molecule has 281 valence electrons. The van der Waals surface area contributed by atoms with Gasteiger partial charge in [0.25, 0.3) is 0 Å². The molecule has 0 fully saturated rings. The normalized spacial score (nSPS) is 11.5. The Labute approximate surface area is 305 Å². The highest BCUT2D eigenvalue weighted by Crippen LogP contribution is 2.19. The van der Waals surface area contributed by atoms with Gasteiger partial charge >= 0.3 is 0 Å². The molecule has 1 aromatic carbocycles. The van der Waals surface area contributed by atoms with E-state index < -0.39 is 0 Å². The van der Waals surface area contributed by atoms with E-state index >= 15 is 0 Å². The molecule has 0 atom stereocenters. The smallest absolute Gasteiger partial charge is 0.0146 e. The Hall–Kier alpha value is -0.780. The molecule has 0 aromatic heterocycles. The van der Waals surface area contributed by atoms with Gasteiger partial charge in [0.1, 0.15) is 0 Å². The van der Waals surface area contributed by atoms with E-state index in [9.17, 15) is 0 Å². The fourth-order valence-corrected chi connectivity index (χ4v) is 7.75. The van der Waals surface area contributed by atoms with Gasteiger partial charge in [-0.15, -0.1) is 0 Å². The summed E-state index contributed by atoms with van der Waals surface area (Å²) in [6, 6.07) is 10.3. The minimum atomic E-state index is 1.24. The Bertz CT molecular complexity index is 658. The van der Waals surface area contributed by atoms with Crippen molar-refractivity contribution < 1.29 is 0 Å². The summed E-state index contributed by atoms with van der Waals surface area (Å²) in [7, 11) is 0. The summed E-state index contributed by atoms with van der Waals surface area (Å²) in [5, 5.41) is 0. The van der Waals surface area contributed by atoms with Crippen LogP contribution in [0.1, 0.15) is 269 Å². The first-order chi connectivity index (χ1) is 23.9. The van der Waals surface area contributed by atoms with Crippen molar-refractivity contribution in [3.8, 4) is 0 Å². The van der Waals surface area contributed by atoms with Crippen LogP contribution in [0.2, 0.25) is 0 Å². The maximum absolute atomic E-state index is 3.61. The first kappa shape index (κ1) is 45.2. The van der Waals surface area contributed by atoms with Gasteiger partial charge < -0.3 is 0 Å². The van der Waals surface area contributed by atoms with Crippen molar-refractivity contribution in [2.24, 2.45) is 0 Å². The Morgan fingerprint density at radius 2 is 0.562 bits per heavy atom. The highest BCUT2D eigenvalue weighted by molar-refractivity contribution is 5.26. The van der Waals surface area contributed by atoms with Gasteiger partial charge in [-0.3, -0.25) is 0 Å². The maximum atomic E-state index is 3.61. The second-order valence-electron chi connectivity index (χ2n) is 15.9. The highest BCUT2D eigenvalue weighted by atomic mass is 14.1. The second kappa shape index (κ2) is 39.0. The molecule has 0 saturated heterocycles. The summed E-state index contributed by atoms with van der Waals surface area (Å²) in [4.78, 5) is 0. The molecular formula is C48H89. The summed E-state index contributed by atoms with van der Waals surface area (Å²) < 4.78 is 0. The summed E-state index contributed by atoms with van der Waals surface area (Å²) in [6.45, 7) is 4.62. The van der Waals surface area contributed by atoms with E-state index in [2.05, 4.69) is 38.1 Å². The van der Waals surface area contributed by atoms with Gasteiger partial charge in [0.05, 0.1) is 0 Å². The summed E-state index contributed by atoms with van der Waals surface area (Å²) in [5.74, 6) is 0. The zero-order valence-corrected chi connectivity index (χ0v) is 33.5. The molecule has 0 N–H and O–H groups in total. The van der Waals surface area contributed by atoms with Crippen LogP contribution in [0.3, 0.4) is 0 Å². The lowest BCUT2D eigenvalue weighted by molar-refractivity contribution is 0.522. The zero-order chi connectivity index (χ0) is 34.3. The van der Waals surface area contributed by atoms with E-state index in [1.54, 1.807) is 5.56 Å². The van der Waals surface area contributed by atoms with Crippen molar-refractivity contribution in [3.63, 3.8) is 0 Å². The van der Waals surface area contributed by atoms with Crippen molar-refractivity contribution in [2.75, 3.05) is 0 Å². The zero-order valence-electron chi connectivity index (χ0n) is 33.5. The van der Waals surface area contributed by atoms with E-state index in [0.29, 0.717) is 0 Å². The molecule has 0 spiro atoms. The van der Waals surface area contributed by atoms with Gasteiger partial charge in [0.2, 0.25) is 0 Å². The van der Waals surface area contributed by atoms with Gasteiger partial charge in [-0.2, -0.15) is 0 Å². The molecule has 48 heavy (non-hydrogen) atoms. The molecule has 0 heteroatoms. The van der Waals surface area contributed by atoms with Gasteiger partial charge in [0, 0.05) is 0 Å². The van der Waals surface area contributed by atoms with Crippen LogP contribution in [0.4, 0.5) is 0 Å². The Kier molecular flexibility index (Phi) is 36.8. The topological polar surface area (TPSA) is 0 Å². The lowest BCUT2D eigenvalue weighted by Gasteiger charge is -2.09. The fourth-order valence-electron chi connectivity index (χ4n) is 7.75. The first-order valence-corrected chi connectivity index (χ1v) is 22.9. The number of unbranched alkanes of at least 4 members (excludes halogenated alkanes) is 36. The maximum Gasteiger partial charge on any atom is -0.0146 e. The molecule has 0 heterocycles. The van der Waals surface area contributed by atoms with Gasteiger partial charge in [-0.05, 0) is 42.9 Å². The monoisotopic (exact) mass is 666 g/mol. The average Bonchev–Trinajstić information content (AvgIpc) is 3.10. The van der Waals surface area contributed by atoms with Crippen LogP contribution in [0.5, 0.6) is 0 Å². The summed E-state index contributed by atoms with van der Waals surface area (Å²) >= 11 is 0. The molecule has 0 amide bonds. The molecule has 1 radical (unpaired) electrons. The molecule has 0 unspecified atom stereocenters. The van der Waals surface area contributed by atoms with Gasteiger partial charge in [-0.1, -0.05) is 263 Å². The molecule has 0 aliphatic rings. The van der Waals surface area contributed by atoms with Crippen LogP contribution in [0.15, 0.2) is 18.2 Å². The first-order valence-electron chi connectivity index (χ1n) is 22.9. The van der Waals surface area contributed by atoms with E-state index in [-0.39, 0.29) is 0 Å². The van der Waals surface area contributed by atoms with E-state index in [1.807, 2.05) is 0 Å². The summed E-state index contributed by atoms with van der Waals surface area (Å²) in [5.41, 5.74) is 3.11. The SMILES string of the molecule is CCCCCCCCCCCCCCCCCCCCCc1[c]cccc1CCCCCCCCCCCCCCCCCCCCC. The molecule has 0 aliphatic heterocycles. The van der Waals surface area contributed by atoms with E-state index in [1.165, 1.54) is 262 Å². The number of aryl methyl sites for hydroxylation is 2. The predicted octanol–water partition coefficient (Wildman–Crippen LogP) is 17.4. The van der Waals surface area contributed by atoms with Crippen molar-refractivity contribution in [3.05, 3.63) is 35.4 Å². The van der Waals surface area contributed by atoms with E-state index in [0.717, 1.165) is 0 Å². The Morgan fingerprint density at radius 3 is 0.854 bits per heavy atom. The molecule has 1 rings (SSSR count). The summed E-state index contributed by atoms with van der Waals surface area (Å²) in [6.07, 6.45) is 57.8. The van der Waals surface area contributed by atoms with Crippen LogP contribution in [0, 0.1) is 6.07 Å². The second-order valence-corrected chi connectivity index (χ2v) is 15.9. The van der Waals surface area contributed by atoms with Gasteiger partial charge in [-0.25, -0.2) is 0 Å². The Morgan fingerprint density at radius 1 is 0.312 bits per heavy atom. The van der Waals surface area contributed by atoms with Crippen molar-refractivity contribution in [1.82, 2.24) is 0 Å². The minimum Gasteiger partial charge on any atom is -0.0654 e. The predicted molar refractivity (Wildman–Crippen MR) is 219 cm³/mol. The third-order valence-electron chi connectivity index (χ3n) is 11.1. The lowest BCUT2D eigenvalue weighted by Crippen LogP contribution is -1.96. The lowest BCUT2D eigenvalue weighted by atomic mass is 9.96. The van der Waals surface area contributed by atoms with E-state index in [4.69, 9.17) is 0 Å². The van der Waals surface area contributed by atoms with Crippen molar-refractivity contribution in [1.29, 1.82) is 0 Å². The molecule has 1 aromatic rings. The number of hydrogen-bond acceptors (Lipinski definition) is 0. The van der Waals surface area contributed by atoms with Crippen molar-refractivity contribution in [2.45, 2.75) is 271 Å². The standard InChI is InChI=1S/C48H89/c1-3-5-7-9-11-13-15-17-19-21-23-25-27-29-31-33-35-37-39-43-47-45-41-42-46-48(47)44-40-38-36-34-32-30-28-26-24-22-20-18-16-14-12-10-8-6-4-2/h41-42,45H,3-40,43-44H2,1-2H3. The third kappa shape index (κ3) is 32.4. The fraction of sp³-hybridized carbons (Fsp3) is 0.875. The number of benzene rings is 1. The van der Waals surface area contributed by atoms with Gasteiger partial charge in [0.15, 0.2) is 0 Å². The van der Waals surface area contributed by atoms with Crippen LogP contribution in [-0.4, -0.2) is 0 Å².